The minimum absolute atomic E-state index is 0.00857. The zero-order valence-corrected chi connectivity index (χ0v) is 11.4. The summed E-state index contributed by atoms with van der Waals surface area (Å²) in [6.07, 6.45) is 3.39. The molecule has 0 aromatic heterocycles. The summed E-state index contributed by atoms with van der Waals surface area (Å²) in [6, 6.07) is 11.1. The van der Waals surface area contributed by atoms with Gasteiger partial charge in [0.1, 0.15) is 5.75 Å². The van der Waals surface area contributed by atoms with E-state index in [0.29, 0.717) is 5.56 Å². The van der Waals surface area contributed by atoms with Gasteiger partial charge in [-0.05, 0) is 61.6 Å². The van der Waals surface area contributed by atoms with Crippen LogP contribution >= 0.6 is 0 Å². The lowest BCUT2D eigenvalue weighted by Gasteiger charge is -2.09. The lowest BCUT2D eigenvalue weighted by Crippen LogP contribution is -2.12. The molecule has 102 valence electrons. The third kappa shape index (κ3) is 2.39. The molecule has 2 N–H and O–H groups in total. The number of hydrogen-bond donors (Lipinski definition) is 2. The summed E-state index contributed by atoms with van der Waals surface area (Å²) >= 11 is 0. The van der Waals surface area contributed by atoms with Crippen molar-refractivity contribution in [1.82, 2.24) is 0 Å². The smallest absolute Gasteiger partial charge is 0.259 e. The average molecular weight is 267 g/mol. The first-order valence-corrected chi connectivity index (χ1v) is 6.86. The Labute approximate surface area is 118 Å². The maximum absolute atomic E-state index is 12.2. The van der Waals surface area contributed by atoms with Crippen LogP contribution in [0.1, 0.15) is 33.5 Å². The Morgan fingerprint density at radius 3 is 2.75 bits per heavy atom. The van der Waals surface area contributed by atoms with E-state index in [1.54, 1.807) is 18.2 Å². The van der Waals surface area contributed by atoms with E-state index in [1.165, 1.54) is 17.5 Å². The number of aryl methyl sites for hydroxylation is 3. The first kappa shape index (κ1) is 12.7. The van der Waals surface area contributed by atoms with Gasteiger partial charge in [-0.1, -0.05) is 17.7 Å². The average Bonchev–Trinajstić information content (AvgIpc) is 2.89. The van der Waals surface area contributed by atoms with Gasteiger partial charge in [-0.2, -0.15) is 0 Å². The molecule has 0 heterocycles. The molecule has 0 fully saturated rings. The maximum Gasteiger partial charge on any atom is 0.259 e. The predicted molar refractivity (Wildman–Crippen MR) is 79.3 cm³/mol. The van der Waals surface area contributed by atoms with Crippen LogP contribution in [0.3, 0.4) is 0 Å². The van der Waals surface area contributed by atoms with Gasteiger partial charge >= 0.3 is 0 Å². The maximum atomic E-state index is 12.2. The Morgan fingerprint density at radius 1 is 1.10 bits per heavy atom. The second-order valence-corrected chi connectivity index (χ2v) is 5.31. The molecule has 0 saturated carbocycles. The van der Waals surface area contributed by atoms with Crippen LogP contribution in [0, 0.1) is 6.92 Å². The number of fused-ring (bicyclic) bond motifs is 1. The van der Waals surface area contributed by atoms with Gasteiger partial charge in [-0.15, -0.1) is 0 Å². The molecule has 3 nitrogen and oxygen atoms in total. The summed E-state index contributed by atoms with van der Waals surface area (Å²) in [5.41, 5.74) is 4.74. The summed E-state index contributed by atoms with van der Waals surface area (Å²) < 4.78 is 0. The fourth-order valence-electron chi connectivity index (χ4n) is 2.68. The number of phenols is 1. The molecule has 2 aromatic rings. The van der Waals surface area contributed by atoms with Crippen LogP contribution < -0.4 is 5.32 Å². The van der Waals surface area contributed by atoms with E-state index >= 15 is 0 Å². The van der Waals surface area contributed by atoms with E-state index in [9.17, 15) is 9.90 Å². The zero-order valence-electron chi connectivity index (χ0n) is 11.4. The number of rotatable bonds is 2. The summed E-state index contributed by atoms with van der Waals surface area (Å²) in [4.78, 5) is 12.2. The molecule has 3 heteroatoms. The number of aromatic hydroxyl groups is 1. The number of carbonyl (C=O) groups is 1. The largest absolute Gasteiger partial charge is 0.507 e. The lowest BCUT2D eigenvalue weighted by molar-refractivity contribution is 0.102. The van der Waals surface area contributed by atoms with Crippen molar-refractivity contribution in [3.63, 3.8) is 0 Å². The Kier molecular flexibility index (Phi) is 3.18. The van der Waals surface area contributed by atoms with Gasteiger partial charge in [0.2, 0.25) is 0 Å². The Bertz CT molecular complexity index is 677. The van der Waals surface area contributed by atoms with Crippen molar-refractivity contribution < 1.29 is 9.90 Å². The zero-order chi connectivity index (χ0) is 14.1. The van der Waals surface area contributed by atoms with Crippen molar-refractivity contribution in [2.75, 3.05) is 5.32 Å². The monoisotopic (exact) mass is 267 g/mol. The number of anilines is 1. The quantitative estimate of drug-likeness (QED) is 0.875. The topological polar surface area (TPSA) is 49.3 Å². The van der Waals surface area contributed by atoms with Crippen LogP contribution in [-0.2, 0) is 12.8 Å². The molecular weight excluding hydrogens is 250 g/mol. The lowest BCUT2D eigenvalue weighted by atomic mass is 10.1. The predicted octanol–water partition coefficient (Wildman–Crippen LogP) is 3.44. The van der Waals surface area contributed by atoms with E-state index in [2.05, 4.69) is 11.4 Å². The van der Waals surface area contributed by atoms with Gasteiger partial charge < -0.3 is 10.4 Å². The second-order valence-electron chi connectivity index (χ2n) is 5.31. The highest BCUT2D eigenvalue weighted by Crippen LogP contribution is 2.26. The molecular formula is C17H17NO2. The van der Waals surface area contributed by atoms with Gasteiger partial charge in [-0.3, -0.25) is 4.79 Å². The molecule has 0 saturated heterocycles. The van der Waals surface area contributed by atoms with E-state index in [4.69, 9.17) is 0 Å². The van der Waals surface area contributed by atoms with Crippen LogP contribution in [0.2, 0.25) is 0 Å². The minimum atomic E-state index is -0.274. The Morgan fingerprint density at radius 2 is 1.90 bits per heavy atom. The second kappa shape index (κ2) is 5.00. The summed E-state index contributed by atoms with van der Waals surface area (Å²) in [5.74, 6) is -0.265. The third-order valence-electron chi connectivity index (χ3n) is 3.75. The highest BCUT2D eigenvalue weighted by molar-refractivity contribution is 6.06. The molecule has 3 rings (SSSR count). The molecule has 0 spiro atoms. The summed E-state index contributed by atoms with van der Waals surface area (Å²) in [7, 11) is 0. The van der Waals surface area contributed by atoms with Crippen molar-refractivity contribution >= 4 is 11.6 Å². The molecule has 1 aliphatic rings. The van der Waals surface area contributed by atoms with Gasteiger partial charge in [-0.25, -0.2) is 0 Å². The number of amides is 1. The van der Waals surface area contributed by atoms with Crippen molar-refractivity contribution in [2.24, 2.45) is 0 Å². The van der Waals surface area contributed by atoms with E-state index in [-0.39, 0.29) is 11.7 Å². The normalized spacial score (nSPS) is 13.1. The number of nitrogens with one attached hydrogen (secondary N) is 1. The highest BCUT2D eigenvalue weighted by Gasteiger charge is 2.14. The van der Waals surface area contributed by atoms with Crippen molar-refractivity contribution in [3.05, 3.63) is 58.7 Å². The van der Waals surface area contributed by atoms with Gasteiger partial charge in [0.25, 0.3) is 5.91 Å². The molecule has 20 heavy (non-hydrogen) atoms. The third-order valence-corrected chi connectivity index (χ3v) is 3.75. The van der Waals surface area contributed by atoms with Crippen molar-refractivity contribution in [1.29, 1.82) is 0 Å². The fourth-order valence-corrected chi connectivity index (χ4v) is 2.68. The van der Waals surface area contributed by atoms with Crippen LogP contribution in [0.4, 0.5) is 5.69 Å². The van der Waals surface area contributed by atoms with Gasteiger partial charge in [0, 0.05) is 5.69 Å². The molecule has 0 aliphatic heterocycles. The highest BCUT2D eigenvalue weighted by atomic mass is 16.3. The number of hydrogen-bond acceptors (Lipinski definition) is 2. The van der Waals surface area contributed by atoms with E-state index < -0.39 is 0 Å². The van der Waals surface area contributed by atoms with Crippen LogP contribution in [0.15, 0.2) is 36.4 Å². The molecule has 1 amide bonds. The van der Waals surface area contributed by atoms with E-state index in [1.807, 2.05) is 19.1 Å². The molecule has 0 unspecified atom stereocenters. The first-order valence-electron chi connectivity index (χ1n) is 6.86. The van der Waals surface area contributed by atoms with E-state index in [0.717, 1.165) is 24.1 Å². The Balaban J connectivity index is 1.84. The van der Waals surface area contributed by atoms with Crippen molar-refractivity contribution in [3.8, 4) is 5.75 Å². The van der Waals surface area contributed by atoms with Crippen LogP contribution in [0.25, 0.3) is 0 Å². The molecule has 1 aliphatic carbocycles. The summed E-state index contributed by atoms with van der Waals surface area (Å²) in [5, 5.41) is 12.6. The number of phenolic OH excluding ortho intramolecular Hbond substituents is 1. The number of carbonyl (C=O) groups excluding carboxylic acids is 1. The molecule has 0 atom stereocenters. The Hall–Kier alpha value is -2.29. The molecule has 2 aromatic carbocycles. The minimum Gasteiger partial charge on any atom is -0.507 e. The van der Waals surface area contributed by atoms with Gasteiger partial charge in [0.15, 0.2) is 0 Å². The van der Waals surface area contributed by atoms with Gasteiger partial charge in [0.05, 0.1) is 5.56 Å². The standard InChI is InChI=1S/C17H17NO2/c1-11-5-8-16(19)15(9-11)17(20)18-14-7-6-12-3-2-4-13(12)10-14/h5-10,19H,2-4H2,1H3,(H,18,20). The van der Waals surface area contributed by atoms with Crippen molar-refractivity contribution in [2.45, 2.75) is 26.2 Å². The first-order chi connectivity index (χ1) is 9.63. The van der Waals surface area contributed by atoms with Crippen LogP contribution in [-0.4, -0.2) is 11.0 Å². The number of benzene rings is 2. The van der Waals surface area contributed by atoms with Crippen LogP contribution in [0.5, 0.6) is 5.75 Å². The fraction of sp³-hybridized carbons (Fsp3) is 0.235. The summed E-state index contributed by atoms with van der Waals surface area (Å²) in [6.45, 7) is 1.89. The molecule has 0 bridgehead atoms. The SMILES string of the molecule is Cc1ccc(O)c(C(=O)Nc2ccc3c(c2)CCC3)c1. The molecule has 0 radical (unpaired) electrons.